The quantitative estimate of drug-likeness (QED) is 0.173. The van der Waals surface area contributed by atoms with Crippen LogP contribution in [0.15, 0.2) is 96.0 Å². The Labute approximate surface area is 368 Å². The first-order valence-electron chi connectivity index (χ1n) is 22.0. The lowest BCUT2D eigenvalue weighted by Gasteiger charge is -2.40. The van der Waals surface area contributed by atoms with Gasteiger partial charge in [0, 0.05) is 78.2 Å². The highest BCUT2D eigenvalue weighted by atomic mass is 35.5. The van der Waals surface area contributed by atoms with Crippen molar-refractivity contribution in [3.05, 3.63) is 151 Å². The van der Waals surface area contributed by atoms with Gasteiger partial charge >= 0.3 is 0 Å². The van der Waals surface area contributed by atoms with Gasteiger partial charge in [-0.1, -0.05) is 60.1 Å². The first kappa shape index (κ1) is 39.9. The molecule has 2 saturated heterocycles. The monoisotopic (exact) mass is 847 g/mol. The SMILES string of the molecule is Cc1sc2c(c1C)C(c1ccc(N3CCC(CN4CCN(c5ccc(C6=C(c7ccccc7Cl)CCCc7cc(O)ccc76)cc5)CC4)CC3)cc1)=N[C@@H](C)c1nnc(C)n1-2. The van der Waals surface area contributed by atoms with E-state index in [0.717, 1.165) is 98.0 Å². The second-order valence-electron chi connectivity index (χ2n) is 17.4. The van der Waals surface area contributed by atoms with Crippen LogP contribution in [0.5, 0.6) is 5.75 Å². The van der Waals surface area contributed by atoms with Gasteiger partial charge in [0.05, 0.1) is 5.71 Å². The van der Waals surface area contributed by atoms with Crippen molar-refractivity contribution in [2.24, 2.45) is 10.9 Å². The van der Waals surface area contributed by atoms with Crippen LogP contribution in [0.2, 0.25) is 5.02 Å². The number of rotatable bonds is 7. The predicted molar refractivity (Wildman–Crippen MR) is 252 cm³/mol. The van der Waals surface area contributed by atoms with E-state index < -0.39 is 0 Å². The molecule has 2 fully saturated rings. The maximum atomic E-state index is 10.4. The van der Waals surface area contributed by atoms with Crippen molar-refractivity contribution >= 4 is 51.2 Å². The van der Waals surface area contributed by atoms with Gasteiger partial charge in [0.1, 0.15) is 22.6 Å². The normalized spacial score (nSPS) is 18.6. The number of phenols is 1. The van der Waals surface area contributed by atoms with Crippen molar-refractivity contribution in [1.82, 2.24) is 19.7 Å². The summed E-state index contributed by atoms with van der Waals surface area (Å²) in [7, 11) is 0. The molecule has 10 rings (SSSR count). The average Bonchev–Trinajstić information content (AvgIpc) is 3.69. The zero-order chi connectivity index (χ0) is 41.8. The molecule has 1 atom stereocenters. The number of piperidine rings is 1. The first-order valence-corrected chi connectivity index (χ1v) is 23.2. The highest BCUT2D eigenvalue weighted by Gasteiger charge is 2.30. The van der Waals surface area contributed by atoms with E-state index in [4.69, 9.17) is 16.6 Å². The predicted octanol–water partition coefficient (Wildman–Crippen LogP) is 10.9. The van der Waals surface area contributed by atoms with Gasteiger partial charge in [-0.3, -0.25) is 14.5 Å². The molecule has 4 aromatic carbocycles. The van der Waals surface area contributed by atoms with Gasteiger partial charge in [-0.2, -0.15) is 0 Å². The maximum Gasteiger partial charge on any atom is 0.162 e. The third-order valence-corrected chi connectivity index (χ3v) is 15.1. The molecule has 0 amide bonds. The number of benzene rings is 4. The number of phenolic OH excluding ortho intramolecular Hbond substituents is 1. The Morgan fingerprint density at radius 1 is 0.754 bits per heavy atom. The van der Waals surface area contributed by atoms with Gasteiger partial charge < -0.3 is 14.9 Å². The van der Waals surface area contributed by atoms with E-state index in [0.29, 0.717) is 5.75 Å². The molecule has 312 valence electrons. The zero-order valence-electron chi connectivity index (χ0n) is 35.7. The standard InChI is InChI=1S/C51H54ClN7OS/c1-32-34(3)61-51-47(32)49(53-33(2)50-55-54-35(4)59(50)51)38-14-18-40(19-15-38)57-24-22-36(23-25-57)31-56-26-28-58(29-27-56)41-16-12-37(13-17-41)48-43-21-20-42(60)30-39(43)8-7-10-45(48)44-9-5-6-11-46(44)52/h5-6,9,11-21,30,33,36,60H,7-8,10,22-29,31H2,1-4H3/t33-/m0/s1. The number of piperazine rings is 1. The summed E-state index contributed by atoms with van der Waals surface area (Å²) >= 11 is 8.63. The van der Waals surface area contributed by atoms with Crippen molar-refractivity contribution in [3.63, 3.8) is 0 Å². The summed E-state index contributed by atoms with van der Waals surface area (Å²) in [5.41, 5.74) is 14.5. The number of hydrogen-bond donors (Lipinski definition) is 1. The van der Waals surface area contributed by atoms with Crippen LogP contribution in [-0.2, 0) is 6.42 Å². The van der Waals surface area contributed by atoms with Gasteiger partial charge in [0.15, 0.2) is 5.82 Å². The third kappa shape index (κ3) is 7.59. The van der Waals surface area contributed by atoms with E-state index in [-0.39, 0.29) is 6.04 Å². The fourth-order valence-electron chi connectivity index (χ4n) is 10.2. The molecular formula is C51H54ClN7OS. The Kier molecular flexibility index (Phi) is 10.8. The summed E-state index contributed by atoms with van der Waals surface area (Å²) in [5.74, 6) is 2.86. The van der Waals surface area contributed by atoms with Crippen molar-refractivity contribution in [3.8, 4) is 10.8 Å². The number of allylic oxidation sites excluding steroid dienone is 1. The molecule has 61 heavy (non-hydrogen) atoms. The highest BCUT2D eigenvalue weighted by molar-refractivity contribution is 7.15. The molecule has 6 aromatic rings. The third-order valence-electron chi connectivity index (χ3n) is 13.6. The van der Waals surface area contributed by atoms with Gasteiger partial charge in [-0.15, -0.1) is 21.5 Å². The number of aromatic nitrogens is 3. The van der Waals surface area contributed by atoms with Crippen molar-refractivity contribution in [2.45, 2.75) is 65.8 Å². The first-order chi connectivity index (χ1) is 29.7. The largest absolute Gasteiger partial charge is 0.508 e. The molecule has 5 heterocycles. The Balaban J connectivity index is 0.765. The highest BCUT2D eigenvalue weighted by Crippen LogP contribution is 2.43. The van der Waals surface area contributed by atoms with Gasteiger partial charge in [-0.25, -0.2) is 0 Å². The maximum absolute atomic E-state index is 10.4. The average molecular weight is 849 g/mol. The minimum absolute atomic E-state index is 0.0788. The minimum Gasteiger partial charge on any atom is -0.508 e. The molecule has 0 spiro atoms. The molecule has 4 aliphatic rings. The minimum atomic E-state index is -0.0788. The summed E-state index contributed by atoms with van der Waals surface area (Å²) in [6, 6.07) is 32.3. The molecule has 0 saturated carbocycles. The second-order valence-corrected chi connectivity index (χ2v) is 19.0. The number of aliphatic imine (C=N–C) groups is 1. The van der Waals surface area contributed by atoms with Gasteiger partial charge in [-0.05, 0) is 147 Å². The Morgan fingerprint density at radius 3 is 2.16 bits per heavy atom. The lowest BCUT2D eigenvalue weighted by Crippen LogP contribution is -2.49. The number of hydrogen-bond acceptors (Lipinski definition) is 8. The van der Waals surface area contributed by atoms with Crippen molar-refractivity contribution in [1.29, 1.82) is 0 Å². The van der Waals surface area contributed by atoms with Crippen LogP contribution in [0, 0.1) is 26.7 Å². The summed E-state index contributed by atoms with van der Waals surface area (Å²) < 4.78 is 2.21. The number of thiophene rings is 1. The molecule has 2 aromatic heterocycles. The molecule has 8 nitrogen and oxygen atoms in total. The molecule has 1 aliphatic carbocycles. The van der Waals surface area contributed by atoms with Crippen LogP contribution in [0.25, 0.3) is 16.1 Å². The number of fused-ring (bicyclic) bond motifs is 4. The summed E-state index contributed by atoms with van der Waals surface area (Å²) in [4.78, 5) is 14.4. The van der Waals surface area contributed by atoms with Crippen LogP contribution in [-0.4, -0.2) is 76.3 Å². The van der Waals surface area contributed by atoms with Crippen molar-refractivity contribution < 1.29 is 5.11 Å². The molecule has 10 heteroatoms. The number of halogens is 1. The van der Waals surface area contributed by atoms with E-state index in [9.17, 15) is 5.11 Å². The molecule has 0 radical (unpaired) electrons. The number of nitrogens with zero attached hydrogens (tertiary/aromatic N) is 7. The molecule has 0 unspecified atom stereocenters. The second kappa shape index (κ2) is 16.6. The number of aryl methyl sites for hydroxylation is 3. The van der Waals surface area contributed by atoms with Crippen LogP contribution >= 0.6 is 22.9 Å². The number of aromatic hydroxyl groups is 1. The van der Waals surface area contributed by atoms with E-state index in [2.05, 4.69) is 117 Å². The van der Waals surface area contributed by atoms with Crippen LogP contribution in [0.4, 0.5) is 11.4 Å². The van der Waals surface area contributed by atoms with E-state index in [1.807, 2.05) is 42.5 Å². The number of anilines is 2. The smallest absolute Gasteiger partial charge is 0.162 e. The van der Waals surface area contributed by atoms with Crippen molar-refractivity contribution in [2.75, 3.05) is 55.6 Å². The fraction of sp³-hybridized carbons (Fsp3) is 0.353. The van der Waals surface area contributed by atoms with Crippen LogP contribution in [0.1, 0.15) is 94.1 Å². The Bertz CT molecular complexity index is 2640. The molecule has 3 aliphatic heterocycles. The summed E-state index contributed by atoms with van der Waals surface area (Å²) in [5, 5.41) is 21.3. The van der Waals surface area contributed by atoms with E-state index in [1.54, 1.807) is 0 Å². The van der Waals surface area contributed by atoms with E-state index in [1.165, 1.54) is 79.6 Å². The van der Waals surface area contributed by atoms with Gasteiger partial charge in [0.25, 0.3) is 0 Å². The molecule has 0 bridgehead atoms. The van der Waals surface area contributed by atoms with Gasteiger partial charge in [0.2, 0.25) is 0 Å². The van der Waals surface area contributed by atoms with Crippen LogP contribution < -0.4 is 9.80 Å². The van der Waals surface area contributed by atoms with Crippen LogP contribution in [0.3, 0.4) is 0 Å². The Morgan fingerprint density at radius 2 is 1.44 bits per heavy atom. The molecule has 1 N–H and O–H groups in total. The lowest BCUT2D eigenvalue weighted by atomic mass is 9.87. The zero-order valence-corrected chi connectivity index (χ0v) is 37.2. The van der Waals surface area contributed by atoms with E-state index >= 15 is 0 Å². The summed E-state index contributed by atoms with van der Waals surface area (Å²) in [6.45, 7) is 16.2. The lowest BCUT2D eigenvalue weighted by molar-refractivity contribution is 0.201. The molecular weight excluding hydrogens is 794 g/mol. The fourth-order valence-corrected chi connectivity index (χ4v) is 11.6. The summed E-state index contributed by atoms with van der Waals surface area (Å²) in [6.07, 6.45) is 5.31. The topological polar surface area (TPSA) is 73.0 Å². The Hall–Kier alpha value is -5.22.